The van der Waals surface area contributed by atoms with Gasteiger partial charge in [-0.05, 0) is 49.2 Å². The zero-order chi connectivity index (χ0) is 18.3. The van der Waals surface area contributed by atoms with E-state index in [0.29, 0.717) is 6.54 Å². The lowest BCUT2D eigenvalue weighted by Gasteiger charge is -2.18. The van der Waals surface area contributed by atoms with Gasteiger partial charge in [0.25, 0.3) is 0 Å². The van der Waals surface area contributed by atoms with Crippen molar-refractivity contribution in [3.05, 3.63) is 52.4 Å². The summed E-state index contributed by atoms with van der Waals surface area (Å²) in [5.74, 6) is 1.22. The Bertz CT molecular complexity index is 983. The first-order chi connectivity index (χ1) is 12.5. The van der Waals surface area contributed by atoms with E-state index < -0.39 is 0 Å². The second-order valence-corrected chi connectivity index (χ2v) is 7.56. The number of imidazole rings is 1. The molecule has 0 spiro atoms. The minimum absolute atomic E-state index is 0.0638. The summed E-state index contributed by atoms with van der Waals surface area (Å²) in [6.07, 6.45) is 2.69. The minimum Gasteiger partial charge on any atom is -0.324 e. The van der Waals surface area contributed by atoms with Crippen LogP contribution in [0.2, 0.25) is 0 Å². The second kappa shape index (κ2) is 6.72. The maximum absolute atomic E-state index is 12.6. The van der Waals surface area contributed by atoms with Gasteiger partial charge in [0.15, 0.2) is 5.65 Å². The van der Waals surface area contributed by atoms with Crippen LogP contribution < -0.4 is 5.32 Å². The molecule has 1 aromatic carbocycles. The summed E-state index contributed by atoms with van der Waals surface area (Å²) in [6, 6.07) is 9.62. The van der Waals surface area contributed by atoms with Crippen molar-refractivity contribution in [2.24, 2.45) is 7.05 Å². The van der Waals surface area contributed by atoms with Crippen LogP contribution in [-0.4, -0.2) is 38.6 Å². The van der Waals surface area contributed by atoms with Gasteiger partial charge in [-0.2, -0.15) is 0 Å². The predicted molar refractivity (Wildman–Crippen MR) is 105 cm³/mol. The number of hydrogen-bond acceptors (Lipinski definition) is 3. The molecule has 26 heavy (non-hydrogen) atoms. The van der Waals surface area contributed by atoms with Gasteiger partial charge in [0.1, 0.15) is 11.3 Å². The number of halogens is 1. The fraction of sp³-hybridized carbons (Fsp3) is 0.316. The Labute approximate surface area is 160 Å². The van der Waals surface area contributed by atoms with Crippen molar-refractivity contribution in [1.82, 2.24) is 19.4 Å². The van der Waals surface area contributed by atoms with E-state index in [-0.39, 0.29) is 11.9 Å². The molecular weight excluding hydrogens is 394 g/mol. The van der Waals surface area contributed by atoms with Crippen LogP contribution >= 0.6 is 15.9 Å². The summed E-state index contributed by atoms with van der Waals surface area (Å²) in [4.78, 5) is 23.6. The molecule has 1 aliphatic rings. The molecule has 3 aromatic rings. The third kappa shape index (κ3) is 3.07. The zero-order valence-electron chi connectivity index (χ0n) is 14.7. The molecule has 0 unspecified atom stereocenters. The molecule has 2 amide bonds. The molecule has 0 radical (unpaired) electrons. The van der Waals surface area contributed by atoms with Crippen LogP contribution in [0.1, 0.15) is 23.7 Å². The number of amides is 2. The van der Waals surface area contributed by atoms with Crippen molar-refractivity contribution in [1.29, 1.82) is 0 Å². The smallest absolute Gasteiger partial charge is 0.321 e. The van der Waals surface area contributed by atoms with E-state index in [2.05, 4.69) is 26.2 Å². The molecule has 1 atom stereocenters. The van der Waals surface area contributed by atoms with Gasteiger partial charge in [0.05, 0.1) is 0 Å². The fourth-order valence-corrected chi connectivity index (χ4v) is 3.73. The van der Waals surface area contributed by atoms with Crippen LogP contribution in [0, 0.1) is 6.92 Å². The third-order valence-corrected chi connectivity index (χ3v) is 5.80. The topological polar surface area (TPSA) is 63.1 Å². The molecule has 1 saturated heterocycles. The van der Waals surface area contributed by atoms with Crippen LogP contribution in [-0.2, 0) is 7.05 Å². The number of anilines is 1. The van der Waals surface area contributed by atoms with Crippen molar-refractivity contribution in [3.63, 3.8) is 0 Å². The third-order valence-electron chi connectivity index (χ3n) is 4.91. The molecule has 0 aliphatic carbocycles. The number of rotatable bonds is 2. The number of nitrogens with one attached hydrogen (secondary N) is 1. The van der Waals surface area contributed by atoms with Crippen LogP contribution in [0.5, 0.6) is 0 Å². The van der Waals surface area contributed by atoms with E-state index >= 15 is 0 Å². The van der Waals surface area contributed by atoms with E-state index in [1.165, 1.54) is 0 Å². The molecule has 6 nitrogen and oxygen atoms in total. The van der Waals surface area contributed by atoms with Gasteiger partial charge in [-0.1, -0.05) is 15.9 Å². The Morgan fingerprint density at radius 1 is 1.35 bits per heavy atom. The van der Waals surface area contributed by atoms with Crippen molar-refractivity contribution < 1.29 is 4.79 Å². The lowest BCUT2D eigenvalue weighted by Crippen LogP contribution is -2.33. The number of hydrogen-bond donors (Lipinski definition) is 1. The van der Waals surface area contributed by atoms with Crippen LogP contribution in [0.4, 0.5) is 10.5 Å². The van der Waals surface area contributed by atoms with Crippen molar-refractivity contribution in [2.45, 2.75) is 19.3 Å². The van der Waals surface area contributed by atoms with Crippen LogP contribution in [0.3, 0.4) is 0 Å². The largest absolute Gasteiger partial charge is 0.324 e. The van der Waals surface area contributed by atoms with Crippen molar-refractivity contribution in [3.8, 4) is 0 Å². The quantitative estimate of drug-likeness (QED) is 0.688. The average molecular weight is 414 g/mol. The number of benzene rings is 1. The van der Waals surface area contributed by atoms with Crippen LogP contribution in [0.25, 0.3) is 11.2 Å². The highest BCUT2D eigenvalue weighted by molar-refractivity contribution is 9.10. The highest BCUT2D eigenvalue weighted by Crippen LogP contribution is 2.29. The number of likely N-dealkylation sites (tertiary alicyclic amines) is 1. The summed E-state index contributed by atoms with van der Waals surface area (Å²) in [6.45, 7) is 3.40. The summed E-state index contributed by atoms with van der Waals surface area (Å²) >= 11 is 3.48. The Kier molecular flexibility index (Phi) is 4.40. The zero-order valence-corrected chi connectivity index (χ0v) is 16.3. The van der Waals surface area contributed by atoms with Gasteiger partial charge >= 0.3 is 6.03 Å². The number of urea groups is 1. The van der Waals surface area contributed by atoms with Gasteiger partial charge in [-0.3, -0.25) is 0 Å². The molecule has 1 aliphatic heterocycles. The molecule has 7 heteroatoms. The second-order valence-electron chi connectivity index (χ2n) is 6.70. The SMILES string of the molecule is Cc1cc(NC(=O)N2CC[C@H](c3nc4cccnc4n3C)C2)ccc1Br. The van der Waals surface area contributed by atoms with E-state index in [4.69, 9.17) is 4.98 Å². The molecule has 0 saturated carbocycles. The number of carbonyl (C=O) groups excluding carboxylic acids is 1. The Morgan fingerprint density at radius 3 is 2.96 bits per heavy atom. The minimum atomic E-state index is -0.0638. The first-order valence-corrected chi connectivity index (χ1v) is 9.41. The van der Waals surface area contributed by atoms with Gasteiger partial charge in [0.2, 0.25) is 0 Å². The fourth-order valence-electron chi connectivity index (χ4n) is 3.49. The Hall–Kier alpha value is -2.41. The maximum Gasteiger partial charge on any atom is 0.321 e. The first-order valence-electron chi connectivity index (χ1n) is 8.62. The number of nitrogens with zero attached hydrogens (tertiary/aromatic N) is 4. The normalized spacial score (nSPS) is 17.0. The van der Waals surface area contributed by atoms with Crippen molar-refractivity contribution in [2.75, 3.05) is 18.4 Å². The van der Waals surface area contributed by atoms with Gasteiger partial charge < -0.3 is 14.8 Å². The maximum atomic E-state index is 12.6. The predicted octanol–water partition coefficient (Wildman–Crippen LogP) is 4.06. The van der Waals surface area contributed by atoms with Gasteiger partial charge in [0, 0.05) is 42.4 Å². The average Bonchev–Trinajstić information content (AvgIpc) is 3.24. The number of aromatic nitrogens is 3. The summed E-state index contributed by atoms with van der Waals surface area (Å²) < 4.78 is 3.08. The number of pyridine rings is 1. The lowest BCUT2D eigenvalue weighted by molar-refractivity contribution is 0.222. The first kappa shape index (κ1) is 17.0. The number of carbonyl (C=O) groups is 1. The van der Waals surface area contributed by atoms with E-state index in [1.807, 2.05) is 53.8 Å². The molecule has 1 N–H and O–H groups in total. The lowest BCUT2D eigenvalue weighted by atomic mass is 10.1. The molecule has 3 heterocycles. The molecule has 2 aromatic heterocycles. The Morgan fingerprint density at radius 2 is 2.19 bits per heavy atom. The van der Waals surface area contributed by atoms with E-state index in [0.717, 1.165) is 45.7 Å². The Balaban J connectivity index is 1.48. The highest BCUT2D eigenvalue weighted by atomic mass is 79.9. The molecule has 1 fully saturated rings. The van der Waals surface area contributed by atoms with E-state index in [1.54, 1.807) is 6.20 Å². The molecular formula is C19H20BrN5O. The molecule has 4 rings (SSSR count). The van der Waals surface area contributed by atoms with Crippen LogP contribution in [0.15, 0.2) is 41.0 Å². The van der Waals surface area contributed by atoms with Gasteiger partial charge in [-0.15, -0.1) is 0 Å². The number of aryl methyl sites for hydroxylation is 2. The monoisotopic (exact) mass is 413 g/mol. The van der Waals surface area contributed by atoms with Gasteiger partial charge in [-0.25, -0.2) is 14.8 Å². The summed E-state index contributed by atoms with van der Waals surface area (Å²) in [5, 5.41) is 2.99. The molecule has 134 valence electrons. The summed E-state index contributed by atoms with van der Waals surface area (Å²) in [7, 11) is 1.99. The summed E-state index contributed by atoms with van der Waals surface area (Å²) in [5.41, 5.74) is 3.69. The van der Waals surface area contributed by atoms with Crippen molar-refractivity contribution >= 4 is 38.8 Å². The molecule has 0 bridgehead atoms. The van der Waals surface area contributed by atoms with E-state index in [9.17, 15) is 4.79 Å². The standard InChI is InChI=1S/C19H20BrN5O/c1-12-10-14(5-6-15(12)20)22-19(26)25-9-7-13(11-25)17-23-16-4-3-8-21-18(16)24(17)2/h3-6,8,10,13H,7,9,11H2,1-2H3,(H,22,26)/t13-/m0/s1. The number of fused-ring (bicyclic) bond motifs is 1. The highest BCUT2D eigenvalue weighted by Gasteiger charge is 2.30.